The molecule has 2 atom stereocenters. The smallest absolute Gasteiger partial charge is 0.289 e. The fourth-order valence-electron chi connectivity index (χ4n) is 5.79. The van der Waals surface area contributed by atoms with Gasteiger partial charge >= 0.3 is 0 Å². The molecule has 0 saturated heterocycles. The molecule has 2 bridgehead atoms. The Labute approximate surface area is 188 Å². The van der Waals surface area contributed by atoms with Crippen molar-refractivity contribution in [3.63, 3.8) is 0 Å². The average molecular weight is 472 g/mol. The van der Waals surface area contributed by atoms with Gasteiger partial charge in [-0.25, -0.2) is 0 Å². The lowest BCUT2D eigenvalue weighted by Gasteiger charge is -2.36. The monoisotopic (exact) mass is 472 g/mol. The van der Waals surface area contributed by atoms with E-state index in [1.165, 1.54) is 24.3 Å². The summed E-state index contributed by atoms with van der Waals surface area (Å²) in [5.74, 6) is -2.84. The van der Waals surface area contributed by atoms with Gasteiger partial charge in [0.2, 0.25) is 0 Å². The van der Waals surface area contributed by atoms with Crippen molar-refractivity contribution >= 4 is 44.2 Å². The Kier molecular flexibility index (Phi) is 4.38. The molecular weight excluding hydrogens is 452 g/mol. The number of hydroxylamine groups is 2. The number of benzene rings is 2. The Balaban J connectivity index is 1.53. The molecule has 2 aromatic carbocycles. The Morgan fingerprint density at radius 2 is 1.85 bits per heavy atom. The first kappa shape index (κ1) is 21.7. The lowest BCUT2D eigenvalue weighted by Crippen LogP contribution is -2.46. The molecule has 33 heavy (non-hydrogen) atoms. The quantitative estimate of drug-likeness (QED) is 0.367. The van der Waals surface area contributed by atoms with Crippen molar-refractivity contribution in [3.05, 3.63) is 51.6 Å². The summed E-state index contributed by atoms with van der Waals surface area (Å²) in [6, 6.07) is 6.61. The number of carbonyl (C=O) groups is 3. The highest BCUT2D eigenvalue weighted by atomic mass is 32.2. The van der Waals surface area contributed by atoms with Crippen LogP contribution in [0.15, 0.2) is 30.3 Å². The second kappa shape index (κ2) is 6.67. The number of nitro benzene ring substituents is 1. The SMILES string of the molecule is CC1(C)C2CCC1(CS(=O)(=O)ON1C(=O)c3cccc4cc([N+](=O)[O-])cc(c34)C1=O)C(=O)C2. The van der Waals surface area contributed by atoms with Crippen molar-refractivity contribution in [2.24, 2.45) is 16.7 Å². The van der Waals surface area contributed by atoms with Gasteiger partial charge in [0.1, 0.15) is 5.78 Å². The number of non-ortho nitro benzene ring substituents is 1. The molecule has 2 saturated carbocycles. The van der Waals surface area contributed by atoms with Crippen LogP contribution in [0, 0.1) is 26.9 Å². The zero-order chi connectivity index (χ0) is 23.9. The summed E-state index contributed by atoms with van der Waals surface area (Å²) in [6.45, 7) is 3.72. The first-order valence-electron chi connectivity index (χ1n) is 10.4. The maximum Gasteiger partial charge on any atom is 0.289 e. The predicted octanol–water partition coefficient (Wildman–Crippen LogP) is 3.00. The van der Waals surface area contributed by atoms with E-state index < -0.39 is 43.4 Å². The van der Waals surface area contributed by atoms with Gasteiger partial charge in [0.15, 0.2) is 0 Å². The summed E-state index contributed by atoms with van der Waals surface area (Å²) in [5, 5.41) is 11.9. The summed E-state index contributed by atoms with van der Waals surface area (Å²) in [7, 11) is -4.55. The van der Waals surface area contributed by atoms with Crippen LogP contribution in [0.1, 0.15) is 53.8 Å². The van der Waals surface area contributed by atoms with Gasteiger partial charge < -0.3 is 0 Å². The second-order valence-electron chi connectivity index (χ2n) is 9.50. The van der Waals surface area contributed by atoms with Crippen molar-refractivity contribution in [1.82, 2.24) is 5.06 Å². The molecule has 172 valence electrons. The number of amides is 2. The molecule has 2 aromatic rings. The molecule has 2 aliphatic carbocycles. The molecular formula is C22H20N2O8S. The third-order valence-corrected chi connectivity index (χ3v) is 8.98. The molecule has 0 aromatic heterocycles. The van der Waals surface area contributed by atoms with Gasteiger partial charge in [0.05, 0.1) is 27.2 Å². The van der Waals surface area contributed by atoms with Crippen LogP contribution in [0.5, 0.6) is 0 Å². The molecule has 2 amide bonds. The standard InChI is InChI=1S/C22H20N2O8S/c1-21(2)13-6-7-22(21,17(25)9-13)11-33(30,31)32-23-19(26)15-5-3-4-12-8-14(24(28)29)10-16(18(12)15)20(23)27/h3-5,8,10,13H,6-7,9,11H2,1-2H3. The largest absolute Gasteiger partial charge is 0.299 e. The molecule has 1 aliphatic heterocycles. The fourth-order valence-corrected chi connectivity index (χ4v) is 7.49. The summed E-state index contributed by atoms with van der Waals surface area (Å²) in [4.78, 5) is 49.4. The minimum atomic E-state index is -4.55. The second-order valence-corrected chi connectivity index (χ2v) is 11.1. The molecule has 0 spiro atoms. The first-order valence-corrected chi connectivity index (χ1v) is 12.0. The van der Waals surface area contributed by atoms with Gasteiger partial charge in [-0.15, -0.1) is 9.35 Å². The summed E-state index contributed by atoms with van der Waals surface area (Å²) >= 11 is 0. The normalized spacial score (nSPS) is 25.8. The fraction of sp³-hybridized carbons (Fsp3) is 0.409. The minimum Gasteiger partial charge on any atom is -0.299 e. The molecule has 5 rings (SSSR count). The van der Waals surface area contributed by atoms with Crippen LogP contribution in [-0.2, 0) is 19.2 Å². The van der Waals surface area contributed by atoms with Crippen LogP contribution in [0.2, 0.25) is 0 Å². The van der Waals surface area contributed by atoms with Gasteiger partial charge in [-0.2, -0.15) is 8.42 Å². The van der Waals surface area contributed by atoms with E-state index in [-0.39, 0.29) is 39.0 Å². The van der Waals surface area contributed by atoms with Gasteiger partial charge in [-0.05, 0) is 35.6 Å². The van der Waals surface area contributed by atoms with Gasteiger partial charge in [0, 0.05) is 23.9 Å². The molecule has 2 fully saturated rings. The Hall–Kier alpha value is -3.18. The van der Waals surface area contributed by atoms with E-state index >= 15 is 0 Å². The topological polar surface area (TPSA) is 141 Å². The number of rotatable bonds is 5. The summed E-state index contributed by atoms with van der Waals surface area (Å²) in [6.07, 6.45) is 1.40. The van der Waals surface area contributed by atoms with Crippen molar-refractivity contribution in [2.45, 2.75) is 33.1 Å². The number of ketones is 1. The first-order chi connectivity index (χ1) is 15.4. The zero-order valence-electron chi connectivity index (χ0n) is 17.9. The third kappa shape index (κ3) is 2.88. The number of fused-ring (bicyclic) bond motifs is 2. The van der Waals surface area contributed by atoms with Crippen molar-refractivity contribution in [3.8, 4) is 0 Å². The predicted molar refractivity (Wildman–Crippen MR) is 115 cm³/mol. The van der Waals surface area contributed by atoms with E-state index in [0.29, 0.717) is 18.2 Å². The number of Topliss-reactive ketones (excluding diaryl/α,β-unsaturated/α-hetero) is 1. The lowest BCUT2D eigenvalue weighted by molar-refractivity contribution is -0.384. The number of hydrogen-bond acceptors (Lipinski definition) is 8. The zero-order valence-corrected chi connectivity index (χ0v) is 18.7. The highest BCUT2D eigenvalue weighted by molar-refractivity contribution is 7.86. The van der Waals surface area contributed by atoms with Crippen LogP contribution in [0.3, 0.4) is 0 Å². The van der Waals surface area contributed by atoms with Crippen LogP contribution in [0.25, 0.3) is 10.8 Å². The number of carbonyl (C=O) groups excluding carboxylic acids is 3. The van der Waals surface area contributed by atoms with E-state index in [1.807, 2.05) is 13.8 Å². The van der Waals surface area contributed by atoms with E-state index in [4.69, 9.17) is 4.28 Å². The molecule has 0 N–H and O–H groups in total. The minimum absolute atomic E-state index is 0.0106. The molecule has 0 radical (unpaired) electrons. The number of nitrogens with zero attached hydrogens (tertiary/aromatic N) is 2. The van der Waals surface area contributed by atoms with Crippen LogP contribution in [0.4, 0.5) is 5.69 Å². The van der Waals surface area contributed by atoms with Gasteiger partial charge in [-0.3, -0.25) is 24.5 Å². The Morgan fingerprint density at radius 3 is 2.45 bits per heavy atom. The van der Waals surface area contributed by atoms with E-state index in [1.54, 1.807) is 0 Å². The number of hydrogen-bond donors (Lipinski definition) is 0. The molecule has 10 nitrogen and oxygen atoms in total. The Bertz CT molecular complexity index is 1400. The maximum absolute atomic E-state index is 13.1. The summed E-state index contributed by atoms with van der Waals surface area (Å²) in [5.41, 5.74) is -2.30. The molecule has 11 heteroatoms. The van der Waals surface area contributed by atoms with Gasteiger partial charge in [0.25, 0.3) is 27.6 Å². The van der Waals surface area contributed by atoms with Crippen LogP contribution < -0.4 is 0 Å². The van der Waals surface area contributed by atoms with Crippen molar-refractivity contribution in [2.75, 3.05) is 5.75 Å². The highest BCUT2D eigenvalue weighted by Crippen LogP contribution is 2.64. The van der Waals surface area contributed by atoms with Gasteiger partial charge in [-0.1, -0.05) is 26.0 Å². The van der Waals surface area contributed by atoms with Crippen LogP contribution >= 0.6 is 0 Å². The third-order valence-electron chi connectivity index (χ3n) is 7.75. The Morgan fingerprint density at radius 1 is 1.15 bits per heavy atom. The number of nitro groups is 1. The summed E-state index contributed by atoms with van der Waals surface area (Å²) < 4.78 is 31.2. The number of imide groups is 1. The van der Waals surface area contributed by atoms with E-state index in [0.717, 1.165) is 12.5 Å². The molecule has 1 heterocycles. The van der Waals surface area contributed by atoms with E-state index in [2.05, 4.69) is 0 Å². The van der Waals surface area contributed by atoms with Crippen molar-refractivity contribution < 1.29 is 32.0 Å². The molecule has 3 aliphatic rings. The lowest BCUT2D eigenvalue weighted by atomic mass is 9.70. The van der Waals surface area contributed by atoms with E-state index in [9.17, 15) is 32.9 Å². The molecule has 2 unspecified atom stereocenters. The van der Waals surface area contributed by atoms with Crippen LogP contribution in [-0.4, -0.2) is 41.8 Å². The van der Waals surface area contributed by atoms with Crippen molar-refractivity contribution in [1.29, 1.82) is 0 Å². The average Bonchev–Trinajstić information content (AvgIpc) is 3.08. The highest BCUT2D eigenvalue weighted by Gasteiger charge is 2.65. The maximum atomic E-state index is 13.1.